The lowest BCUT2D eigenvalue weighted by Gasteiger charge is -2.24. The highest BCUT2D eigenvalue weighted by atomic mass is 16.5. The Labute approximate surface area is 104 Å². The van der Waals surface area contributed by atoms with Gasteiger partial charge in [-0.3, -0.25) is 0 Å². The van der Waals surface area contributed by atoms with Crippen LogP contribution in [0, 0.1) is 6.92 Å². The van der Waals surface area contributed by atoms with E-state index in [9.17, 15) is 0 Å². The molecule has 1 aromatic rings. The fourth-order valence-electron chi connectivity index (χ4n) is 2.19. The predicted molar refractivity (Wildman–Crippen MR) is 70.6 cm³/mol. The van der Waals surface area contributed by atoms with Crippen molar-refractivity contribution in [1.82, 2.24) is 10.6 Å². The van der Waals surface area contributed by atoms with Gasteiger partial charge in [0.1, 0.15) is 12.4 Å². The summed E-state index contributed by atoms with van der Waals surface area (Å²) < 4.78 is 5.71. The number of nitrogens with one attached hydrogen (secondary N) is 2. The van der Waals surface area contributed by atoms with E-state index in [1.54, 1.807) is 0 Å². The Hall–Kier alpha value is -1.06. The van der Waals surface area contributed by atoms with E-state index in [4.69, 9.17) is 4.74 Å². The minimum absolute atomic E-state index is 0.246. The number of hydrogen-bond acceptors (Lipinski definition) is 3. The summed E-state index contributed by atoms with van der Waals surface area (Å²) in [5.41, 5.74) is 1.48. The monoisotopic (exact) mass is 234 g/mol. The highest BCUT2D eigenvalue weighted by molar-refractivity contribution is 5.27. The summed E-state index contributed by atoms with van der Waals surface area (Å²) in [5, 5.41) is 6.93. The van der Waals surface area contributed by atoms with Gasteiger partial charge in [0.05, 0.1) is 0 Å². The van der Waals surface area contributed by atoms with Crippen LogP contribution in [-0.4, -0.2) is 31.8 Å². The van der Waals surface area contributed by atoms with Gasteiger partial charge in [0.2, 0.25) is 0 Å². The molecule has 0 spiro atoms. The first kappa shape index (κ1) is 12.4. The standard InChI is InChI=1S/C14H22N2O/c1-12-4-3-5-13(10-12)17-9-8-16-14(2)6-7-15-11-14/h3-5,10,15-16H,6-9,11H2,1-2H3. The number of aryl methyl sites for hydroxylation is 1. The summed E-state index contributed by atoms with van der Waals surface area (Å²) in [6, 6.07) is 8.18. The molecule has 17 heavy (non-hydrogen) atoms. The van der Waals surface area contributed by atoms with Gasteiger partial charge in [-0.1, -0.05) is 12.1 Å². The summed E-state index contributed by atoms with van der Waals surface area (Å²) in [6.07, 6.45) is 1.19. The highest BCUT2D eigenvalue weighted by Crippen LogP contribution is 2.14. The zero-order chi connectivity index (χ0) is 12.1. The minimum atomic E-state index is 0.246. The van der Waals surface area contributed by atoms with Crippen molar-refractivity contribution in [2.45, 2.75) is 25.8 Å². The molecule has 94 valence electrons. The van der Waals surface area contributed by atoms with Crippen LogP contribution in [0.2, 0.25) is 0 Å². The molecule has 1 saturated heterocycles. The van der Waals surface area contributed by atoms with Crippen LogP contribution in [0.3, 0.4) is 0 Å². The third-order valence-electron chi connectivity index (χ3n) is 3.28. The van der Waals surface area contributed by atoms with E-state index in [2.05, 4.69) is 36.6 Å². The number of rotatable bonds is 5. The second-order valence-electron chi connectivity index (χ2n) is 5.08. The second kappa shape index (κ2) is 5.52. The van der Waals surface area contributed by atoms with Gasteiger partial charge in [-0.25, -0.2) is 0 Å². The van der Waals surface area contributed by atoms with Gasteiger partial charge < -0.3 is 15.4 Å². The molecule has 0 bridgehead atoms. The van der Waals surface area contributed by atoms with Crippen molar-refractivity contribution < 1.29 is 4.74 Å². The molecule has 1 aliphatic heterocycles. The molecule has 3 heteroatoms. The summed E-state index contributed by atoms with van der Waals surface area (Å²) in [4.78, 5) is 0. The van der Waals surface area contributed by atoms with Crippen LogP contribution in [0.4, 0.5) is 0 Å². The summed E-state index contributed by atoms with van der Waals surface area (Å²) in [5.74, 6) is 0.960. The lowest BCUT2D eigenvalue weighted by Crippen LogP contribution is -2.45. The summed E-state index contributed by atoms with van der Waals surface area (Å²) in [6.45, 7) is 8.13. The van der Waals surface area contributed by atoms with Gasteiger partial charge in [-0.05, 0) is 44.5 Å². The molecule has 0 amide bonds. The third kappa shape index (κ3) is 3.72. The van der Waals surface area contributed by atoms with E-state index in [-0.39, 0.29) is 5.54 Å². The van der Waals surface area contributed by atoms with E-state index in [1.807, 2.05) is 12.1 Å². The third-order valence-corrected chi connectivity index (χ3v) is 3.28. The van der Waals surface area contributed by atoms with Crippen LogP contribution in [0.15, 0.2) is 24.3 Å². The van der Waals surface area contributed by atoms with Gasteiger partial charge in [0.25, 0.3) is 0 Å². The molecule has 2 N–H and O–H groups in total. The first-order chi connectivity index (χ1) is 8.18. The van der Waals surface area contributed by atoms with Crippen molar-refractivity contribution >= 4 is 0 Å². The maximum absolute atomic E-state index is 5.71. The van der Waals surface area contributed by atoms with Gasteiger partial charge in [-0.15, -0.1) is 0 Å². The Morgan fingerprint density at radius 2 is 2.35 bits per heavy atom. The average Bonchev–Trinajstić information content (AvgIpc) is 2.72. The molecule has 1 fully saturated rings. The van der Waals surface area contributed by atoms with Crippen LogP contribution < -0.4 is 15.4 Å². The Morgan fingerprint density at radius 1 is 1.47 bits per heavy atom. The van der Waals surface area contributed by atoms with Crippen LogP contribution in [0.25, 0.3) is 0 Å². The molecule has 1 atom stereocenters. The fourth-order valence-corrected chi connectivity index (χ4v) is 2.19. The van der Waals surface area contributed by atoms with Crippen LogP contribution >= 0.6 is 0 Å². The SMILES string of the molecule is Cc1cccc(OCCNC2(C)CCNC2)c1. The number of benzene rings is 1. The predicted octanol–water partition coefficient (Wildman–Crippen LogP) is 1.72. The molecule has 1 heterocycles. The van der Waals surface area contributed by atoms with Crippen molar-refractivity contribution in [2.24, 2.45) is 0 Å². The second-order valence-corrected chi connectivity index (χ2v) is 5.08. The number of hydrogen-bond donors (Lipinski definition) is 2. The molecular weight excluding hydrogens is 212 g/mol. The van der Waals surface area contributed by atoms with Crippen molar-refractivity contribution in [1.29, 1.82) is 0 Å². The van der Waals surface area contributed by atoms with Gasteiger partial charge in [0, 0.05) is 18.6 Å². The fraction of sp³-hybridized carbons (Fsp3) is 0.571. The van der Waals surface area contributed by atoms with Gasteiger partial charge >= 0.3 is 0 Å². The molecular formula is C14H22N2O. The molecule has 0 aliphatic carbocycles. The lowest BCUT2D eigenvalue weighted by molar-refractivity contribution is 0.283. The van der Waals surface area contributed by atoms with Crippen molar-refractivity contribution in [3.63, 3.8) is 0 Å². The summed E-state index contributed by atoms with van der Waals surface area (Å²) >= 11 is 0. The zero-order valence-electron chi connectivity index (χ0n) is 10.8. The quantitative estimate of drug-likeness (QED) is 0.761. The Bertz CT molecular complexity index is 359. The maximum Gasteiger partial charge on any atom is 0.119 e. The molecule has 2 rings (SSSR count). The van der Waals surface area contributed by atoms with Crippen LogP contribution in [0.1, 0.15) is 18.9 Å². The van der Waals surface area contributed by atoms with Gasteiger partial charge in [-0.2, -0.15) is 0 Å². The van der Waals surface area contributed by atoms with Crippen molar-refractivity contribution in [3.8, 4) is 5.75 Å². The Balaban J connectivity index is 1.69. The van der Waals surface area contributed by atoms with E-state index >= 15 is 0 Å². The molecule has 1 aliphatic rings. The molecule has 1 aromatic carbocycles. The molecule has 0 aromatic heterocycles. The van der Waals surface area contributed by atoms with Crippen molar-refractivity contribution in [3.05, 3.63) is 29.8 Å². The average molecular weight is 234 g/mol. The lowest BCUT2D eigenvalue weighted by atomic mass is 10.0. The maximum atomic E-state index is 5.71. The van der Waals surface area contributed by atoms with E-state index < -0.39 is 0 Å². The molecule has 0 radical (unpaired) electrons. The molecule has 0 saturated carbocycles. The Morgan fingerprint density at radius 3 is 3.06 bits per heavy atom. The first-order valence-electron chi connectivity index (χ1n) is 6.33. The molecule has 1 unspecified atom stereocenters. The highest BCUT2D eigenvalue weighted by Gasteiger charge is 2.27. The van der Waals surface area contributed by atoms with E-state index in [1.165, 1.54) is 12.0 Å². The van der Waals surface area contributed by atoms with E-state index in [0.29, 0.717) is 0 Å². The van der Waals surface area contributed by atoms with Gasteiger partial charge in [0.15, 0.2) is 0 Å². The van der Waals surface area contributed by atoms with Crippen LogP contribution in [0.5, 0.6) is 5.75 Å². The van der Waals surface area contributed by atoms with Crippen LogP contribution in [-0.2, 0) is 0 Å². The van der Waals surface area contributed by atoms with E-state index in [0.717, 1.165) is 32.0 Å². The topological polar surface area (TPSA) is 33.3 Å². The Kier molecular flexibility index (Phi) is 4.02. The summed E-state index contributed by atoms with van der Waals surface area (Å²) in [7, 11) is 0. The number of ether oxygens (including phenoxy) is 1. The molecule has 3 nitrogen and oxygen atoms in total. The first-order valence-corrected chi connectivity index (χ1v) is 6.33. The smallest absolute Gasteiger partial charge is 0.119 e. The zero-order valence-corrected chi connectivity index (χ0v) is 10.8. The largest absolute Gasteiger partial charge is 0.492 e. The normalized spacial score (nSPS) is 23.9. The van der Waals surface area contributed by atoms with Crippen molar-refractivity contribution in [2.75, 3.05) is 26.2 Å². The minimum Gasteiger partial charge on any atom is -0.492 e.